The summed E-state index contributed by atoms with van der Waals surface area (Å²) in [6.07, 6.45) is 6.37. The van der Waals surface area contributed by atoms with Crippen molar-refractivity contribution < 1.29 is 13.9 Å². The van der Waals surface area contributed by atoms with E-state index in [2.05, 4.69) is 94.9 Å². The quantitative estimate of drug-likeness (QED) is 0.356. The Balaban J connectivity index is 1.56. The highest BCUT2D eigenvalue weighted by Gasteiger charge is 2.50. The highest BCUT2D eigenvalue weighted by atomic mass is 28.4. The van der Waals surface area contributed by atoms with Crippen LogP contribution in [0.5, 0.6) is 0 Å². The van der Waals surface area contributed by atoms with Crippen molar-refractivity contribution in [3.8, 4) is 0 Å². The summed E-state index contributed by atoms with van der Waals surface area (Å²) in [5.41, 5.74) is 1.12. The summed E-state index contributed by atoms with van der Waals surface area (Å²) in [7, 11) is -2.51. The van der Waals surface area contributed by atoms with Gasteiger partial charge >= 0.3 is 0 Å². The van der Waals surface area contributed by atoms with Gasteiger partial charge in [0.15, 0.2) is 5.79 Å². The summed E-state index contributed by atoms with van der Waals surface area (Å²) < 4.78 is 20.1. The second kappa shape index (κ2) is 9.87. The third kappa shape index (κ3) is 5.19. The first-order valence-electron chi connectivity index (χ1n) is 12.5. The zero-order chi connectivity index (χ0) is 23.5. The monoisotopic (exact) mass is 464 g/mol. The van der Waals surface area contributed by atoms with Crippen molar-refractivity contribution in [2.24, 2.45) is 0 Å². The van der Waals surface area contributed by atoms with Crippen LogP contribution in [-0.2, 0) is 13.9 Å². The van der Waals surface area contributed by atoms with E-state index in [9.17, 15) is 0 Å². The van der Waals surface area contributed by atoms with E-state index in [0.717, 1.165) is 37.7 Å². The summed E-state index contributed by atoms with van der Waals surface area (Å²) in [5.74, 6) is -0.477. The first-order chi connectivity index (χ1) is 15.7. The zero-order valence-corrected chi connectivity index (χ0v) is 21.8. The molecule has 0 aromatic heterocycles. The van der Waals surface area contributed by atoms with E-state index >= 15 is 0 Å². The van der Waals surface area contributed by atoms with E-state index in [1.807, 2.05) is 0 Å². The lowest BCUT2D eigenvalue weighted by Crippen LogP contribution is -2.66. The van der Waals surface area contributed by atoms with Crippen LogP contribution in [0.3, 0.4) is 0 Å². The fourth-order valence-electron chi connectivity index (χ4n) is 5.83. The largest absolute Gasteiger partial charge is 0.407 e. The van der Waals surface area contributed by atoms with Crippen LogP contribution in [0.1, 0.15) is 66.2 Å². The standard InChI is InChI=1S/C29H40O3Si/c1-23(2)22-29-19-12-13-24(31-29)21-25(32-29)18-20-30-33(28(3,4)5,26-14-8-6-9-15-26)27-16-10-7-11-17-27/h6-11,14-17,24-25H,1,12-13,18-22H2,2-5H3/t24-,25-,29+/m0/s1. The van der Waals surface area contributed by atoms with Gasteiger partial charge in [-0.25, -0.2) is 0 Å². The molecular formula is C29H40O3Si. The Morgan fingerprint density at radius 1 is 1.03 bits per heavy atom. The minimum Gasteiger partial charge on any atom is -0.407 e. The molecule has 2 aliphatic rings. The maximum absolute atomic E-state index is 7.11. The fraction of sp³-hybridized carbons (Fsp3) is 0.517. The summed E-state index contributed by atoms with van der Waals surface area (Å²) in [6.45, 7) is 13.9. The van der Waals surface area contributed by atoms with Crippen LogP contribution in [-0.4, -0.2) is 32.9 Å². The third-order valence-corrected chi connectivity index (χ3v) is 12.2. The van der Waals surface area contributed by atoms with Gasteiger partial charge in [-0.05, 0) is 41.6 Å². The highest BCUT2D eigenvalue weighted by molar-refractivity contribution is 6.99. The van der Waals surface area contributed by atoms with E-state index in [0.29, 0.717) is 12.7 Å². The molecule has 0 spiro atoms. The molecule has 2 aliphatic heterocycles. The molecule has 2 aromatic carbocycles. The SMILES string of the molecule is C=C(C)C[C@@]12CCC[C@@H](C[C@H](CCO[Si](c3ccccc3)(c3ccccc3)C(C)(C)C)O1)O2. The molecule has 4 rings (SSSR count). The Bertz CT molecular complexity index is 881. The maximum atomic E-state index is 7.11. The van der Waals surface area contributed by atoms with E-state index in [1.165, 1.54) is 16.8 Å². The summed E-state index contributed by atoms with van der Waals surface area (Å²) in [6, 6.07) is 21.7. The predicted molar refractivity (Wildman–Crippen MR) is 139 cm³/mol. The Labute approximate surface area is 201 Å². The van der Waals surface area contributed by atoms with Crippen molar-refractivity contribution in [3.05, 3.63) is 72.8 Å². The van der Waals surface area contributed by atoms with Crippen molar-refractivity contribution >= 4 is 18.7 Å². The smallest absolute Gasteiger partial charge is 0.261 e. The third-order valence-electron chi connectivity index (χ3n) is 7.12. The van der Waals surface area contributed by atoms with Crippen LogP contribution in [0.2, 0.25) is 5.04 Å². The molecule has 4 heteroatoms. The van der Waals surface area contributed by atoms with Gasteiger partial charge in [-0.3, -0.25) is 0 Å². The van der Waals surface area contributed by atoms with Gasteiger partial charge in [0.2, 0.25) is 0 Å². The molecular weight excluding hydrogens is 424 g/mol. The van der Waals surface area contributed by atoms with Crippen LogP contribution in [0.4, 0.5) is 0 Å². The molecule has 3 atom stereocenters. The minimum atomic E-state index is -2.51. The van der Waals surface area contributed by atoms with Crippen molar-refractivity contribution in [1.29, 1.82) is 0 Å². The van der Waals surface area contributed by atoms with Gasteiger partial charge in [-0.1, -0.05) is 93.6 Å². The molecule has 0 unspecified atom stereocenters. The van der Waals surface area contributed by atoms with E-state index in [4.69, 9.17) is 13.9 Å². The van der Waals surface area contributed by atoms with Gasteiger partial charge in [-0.15, -0.1) is 0 Å². The van der Waals surface area contributed by atoms with Gasteiger partial charge in [0, 0.05) is 25.9 Å². The molecule has 0 aliphatic carbocycles. The molecule has 0 N–H and O–H groups in total. The predicted octanol–water partition coefficient (Wildman–Crippen LogP) is 5.97. The number of rotatable bonds is 8. The first kappa shape index (κ1) is 24.4. The van der Waals surface area contributed by atoms with Crippen LogP contribution < -0.4 is 10.4 Å². The molecule has 33 heavy (non-hydrogen) atoms. The van der Waals surface area contributed by atoms with Crippen molar-refractivity contribution in [2.45, 2.75) is 89.3 Å². The second-order valence-electron chi connectivity index (χ2n) is 11.0. The lowest BCUT2D eigenvalue weighted by Gasteiger charge is -2.49. The van der Waals surface area contributed by atoms with Gasteiger partial charge in [-0.2, -0.15) is 0 Å². The van der Waals surface area contributed by atoms with Gasteiger partial charge < -0.3 is 13.9 Å². The van der Waals surface area contributed by atoms with Gasteiger partial charge in [0.25, 0.3) is 8.32 Å². The van der Waals surface area contributed by atoms with Crippen LogP contribution in [0, 0.1) is 0 Å². The molecule has 2 fully saturated rings. The molecule has 3 nitrogen and oxygen atoms in total. The van der Waals surface area contributed by atoms with E-state index in [-0.39, 0.29) is 11.1 Å². The van der Waals surface area contributed by atoms with E-state index in [1.54, 1.807) is 0 Å². The zero-order valence-electron chi connectivity index (χ0n) is 20.8. The average Bonchev–Trinajstić information content (AvgIpc) is 2.76. The highest BCUT2D eigenvalue weighted by Crippen LogP contribution is 2.42. The molecule has 2 saturated heterocycles. The topological polar surface area (TPSA) is 27.7 Å². The lowest BCUT2D eigenvalue weighted by atomic mass is 9.90. The maximum Gasteiger partial charge on any atom is 0.261 e. The summed E-state index contributed by atoms with van der Waals surface area (Å²) in [5, 5.41) is 2.64. The summed E-state index contributed by atoms with van der Waals surface area (Å²) in [4.78, 5) is 0. The van der Waals surface area contributed by atoms with Crippen LogP contribution >= 0.6 is 0 Å². The van der Waals surface area contributed by atoms with Crippen molar-refractivity contribution in [2.75, 3.05) is 6.61 Å². The second-order valence-corrected chi connectivity index (χ2v) is 15.3. The van der Waals surface area contributed by atoms with Crippen molar-refractivity contribution in [1.82, 2.24) is 0 Å². The Kier molecular flexibility index (Phi) is 7.30. The number of benzene rings is 2. The molecule has 2 bridgehead atoms. The van der Waals surface area contributed by atoms with E-state index < -0.39 is 14.1 Å². The molecule has 0 saturated carbocycles. The lowest BCUT2D eigenvalue weighted by molar-refractivity contribution is -0.336. The number of fused-ring (bicyclic) bond motifs is 2. The Morgan fingerprint density at radius 3 is 2.18 bits per heavy atom. The first-order valence-corrected chi connectivity index (χ1v) is 14.4. The molecule has 2 heterocycles. The molecule has 0 amide bonds. The normalized spacial score (nSPS) is 25.6. The number of ether oxygens (including phenoxy) is 2. The number of hydrogen-bond acceptors (Lipinski definition) is 3. The number of hydrogen-bond donors (Lipinski definition) is 0. The van der Waals surface area contributed by atoms with Crippen LogP contribution in [0.15, 0.2) is 72.8 Å². The molecule has 2 aromatic rings. The molecule has 178 valence electrons. The Hall–Kier alpha value is -1.72. The fourth-order valence-corrected chi connectivity index (χ4v) is 10.4. The minimum absolute atomic E-state index is 0.01000. The molecule has 0 radical (unpaired) electrons. The summed E-state index contributed by atoms with van der Waals surface area (Å²) >= 11 is 0. The van der Waals surface area contributed by atoms with Gasteiger partial charge in [0.1, 0.15) is 0 Å². The Morgan fingerprint density at radius 2 is 1.64 bits per heavy atom. The van der Waals surface area contributed by atoms with Crippen molar-refractivity contribution in [3.63, 3.8) is 0 Å². The van der Waals surface area contributed by atoms with Crippen LogP contribution in [0.25, 0.3) is 0 Å². The van der Waals surface area contributed by atoms with Gasteiger partial charge in [0.05, 0.1) is 12.2 Å². The average molecular weight is 465 g/mol.